The minimum absolute atomic E-state index is 0.00227. The molecular weight excluding hydrogens is 1640 g/mol. The average molecular weight is 1770 g/mol. The molecule has 6 N–H and O–H groups in total. The van der Waals surface area contributed by atoms with Crippen molar-refractivity contribution in [3.8, 4) is 80.4 Å². The van der Waals surface area contributed by atoms with E-state index in [-0.39, 0.29) is 49.8 Å². The van der Waals surface area contributed by atoms with Crippen LogP contribution in [-0.4, -0.2) is 55.7 Å². The Balaban J connectivity index is 0.000000179. The molecule has 0 saturated heterocycles. The van der Waals surface area contributed by atoms with Crippen molar-refractivity contribution in [1.29, 1.82) is 0 Å². The summed E-state index contributed by atoms with van der Waals surface area (Å²) in [7, 11) is -2.02. The Bertz CT molecular complexity index is 6060. The van der Waals surface area contributed by atoms with Gasteiger partial charge in [0.1, 0.15) is 95.6 Å². The lowest BCUT2D eigenvalue weighted by Crippen LogP contribution is -2.43. The van der Waals surface area contributed by atoms with Gasteiger partial charge in [-0.1, -0.05) is 177 Å². The molecule has 2 aliphatic carbocycles. The van der Waals surface area contributed by atoms with E-state index < -0.39 is 14.1 Å². The van der Waals surface area contributed by atoms with E-state index in [1.54, 1.807) is 52.0 Å². The van der Waals surface area contributed by atoms with Crippen molar-refractivity contribution in [2.45, 2.75) is 195 Å². The van der Waals surface area contributed by atoms with E-state index in [1.807, 2.05) is 218 Å². The maximum atomic E-state index is 13.5. The number of aromatic nitrogens is 2. The van der Waals surface area contributed by atoms with Crippen LogP contribution < -0.4 is 44.2 Å². The maximum Gasteiger partial charge on any atom is 0.250 e. The zero-order valence-corrected chi connectivity index (χ0v) is 78.8. The van der Waals surface area contributed by atoms with Crippen molar-refractivity contribution in [3.63, 3.8) is 0 Å². The second-order valence-electron chi connectivity index (χ2n) is 34.1. The predicted molar refractivity (Wildman–Crippen MR) is 516 cm³/mol. The molecule has 14 rings (SSSR count). The third kappa shape index (κ3) is 28.5. The first-order valence-electron chi connectivity index (χ1n) is 43.0. The highest BCUT2D eigenvalue weighted by atomic mass is 28.4. The largest absolute Gasteiger partial charge is 0.543 e. The molecule has 0 aromatic heterocycles. The topological polar surface area (TPSA) is 266 Å². The number of allylic oxidation sites excluding steroid dienone is 5. The second kappa shape index (κ2) is 46.3. The normalized spacial score (nSPS) is 11.3. The molecule has 0 saturated carbocycles. The fraction of sp³-hybridized carbons (Fsp3) is 0.278. The van der Waals surface area contributed by atoms with E-state index in [0.29, 0.717) is 112 Å². The number of nitrogens with zero attached hydrogens (tertiary/aromatic N) is 3. The molecule has 19 nitrogen and oxygen atoms in total. The Morgan fingerprint density at radius 3 is 1.24 bits per heavy atom. The monoisotopic (exact) mass is 1760 g/mol. The van der Waals surface area contributed by atoms with Gasteiger partial charge in [-0.05, 0) is 288 Å². The van der Waals surface area contributed by atoms with Gasteiger partial charge in [-0.25, -0.2) is 14.4 Å². The van der Waals surface area contributed by atoms with Crippen molar-refractivity contribution >= 4 is 36.2 Å². The van der Waals surface area contributed by atoms with Crippen LogP contribution in [0, 0.1) is 82.0 Å². The van der Waals surface area contributed by atoms with Gasteiger partial charge in [0.05, 0.1) is 0 Å². The van der Waals surface area contributed by atoms with Gasteiger partial charge < -0.3 is 57.4 Å². The molecule has 0 radical (unpaired) electrons. The Kier molecular flexibility index (Phi) is 35.7. The summed E-state index contributed by atoms with van der Waals surface area (Å²) < 4.78 is 60.8. The SMILES string of the molecule is CC(C)(C)[Si](C)(C)Oc1ccc(N(O)O)c(F)c1.CC(C)=CCC/C(C)=C/CC/C(C)=C/COc1ccc2nc3c(C)cc(=O)c(C)c-3oc2c1.Cc1cc(O)c(C)cc1O.Cc1cc(OCc2ccccc2)c(C)c(O)c1OCc1ccccc1.Cc1cc(OCc2ccccc2)c(C)c(O)c1OCc1ccccc1.Cc1ccc2nc3c(C)cc(=O)c(C)c-3oc2c1. The molecule has 0 fully saturated rings. The molecule has 676 valence electrons. The first kappa shape index (κ1) is 99.3. The first-order valence-corrected chi connectivity index (χ1v) is 45.9. The summed E-state index contributed by atoms with van der Waals surface area (Å²) in [5.74, 6) is 4.63. The number of anilines is 1. The third-order valence-corrected chi connectivity index (χ3v) is 26.4. The highest BCUT2D eigenvalue weighted by Gasteiger charge is 2.39. The Labute approximate surface area is 758 Å². The van der Waals surface area contributed by atoms with Gasteiger partial charge in [0.15, 0.2) is 62.4 Å². The summed E-state index contributed by atoms with van der Waals surface area (Å²) in [6, 6.07) is 65.3. The van der Waals surface area contributed by atoms with Gasteiger partial charge in [-0.15, -0.1) is 5.23 Å². The fourth-order valence-corrected chi connectivity index (χ4v) is 14.1. The zero-order valence-electron chi connectivity index (χ0n) is 77.8. The van der Waals surface area contributed by atoms with Crippen molar-refractivity contribution in [2.24, 2.45) is 0 Å². The summed E-state index contributed by atoms with van der Waals surface area (Å²) >= 11 is 0. The molecule has 21 heteroatoms. The summed E-state index contributed by atoms with van der Waals surface area (Å²) in [5.41, 5.74) is 20.9. The molecule has 2 heterocycles. The van der Waals surface area contributed by atoms with Crippen LogP contribution in [0.5, 0.6) is 57.5 Å². The molecular formula is C108H122FN3O16Si. The summed E-state index contributed by atoms with van der Waals surface area (Å²) in [6.45, 7) is 41.6. The quantitative estimate of drug-likeness (QED) is 0.0108. The molecule has 0 bridgehead atoms. The molecule has 10 aromatic carbocycles. The molecule has 0 amide bonds. The number of aryl methyl sites for hydroxylation is 7. The Morgan fingerprint density at radius 1 is 0.434 bits per heavy atom. The van der Waals surface area contributed by atoms with Crippen LogP contribution in [0.1, 0.15) is 158 Å². The first-order chi connectivity index (χ1) is 61.2. The van der Waals surface area contributed by atoms with E-state index in [1.165, 1.54) is 28.9 Å². The molecule has 129 heavy (non-hydrogen) atoms. The summed E-state index contributed by atoms with van der Waals surface area (Å²) in [6.07, 6.45) is 11.1. The predicted octanol–water partition coefficient (Wildman–Crippen LogP) is 26.8. The lowest BCUT2D eigenvalue weighted by atomic mass is 10.0. The van der Waals surface area contributed by atoms with E-state index in [9.17, 15) is 24.2 Å². The van der Waals surface area contributed by atoms with Crippen molar-refractivity contribution in [1.82, 2.24) is 9.97 Å². The summed E-state index contributed by atoms with van der Waals surface area (Å²) in [4.78, 5) is 33.2. The lowest BCUT2D eigenvalue weighted by molar-refractivity contribution is 0.0272. The number of rotatable bonds is 24. The number of fused-ring (bicyclic) bond motifs is 4. The zero-order chi connectivity index (χ0) is 94.0. The number of hydrogen-bond donors (Lipinski definition) is 6. The minimum atomic E-state index is -2.02. The van der Waals surface area contributed by atoms with Gasteiger partial charge in [0.2, 0.25) is 8.32 Å². The van der Waals surface area contributed by atoms with E-state index in [2.05, 4.69) is 84.8 Å². The van der Waals surface area contributed by atoms with Crippen LogP contribution >= 0.6 is 0 Å². The highest BCUT2D eigenvalue weighted by molar-refractivity contribution is 6.74. The van der Waals surface area contributed by atoms with E-state index in [4.69, 9.17) is 62.6 Å². The van der Waals surface area contributed by atoms with Crippen LogP contribution in [0.2, 0.25) is 18.1 Å². The minimum Gasteiger partial charge on any atom is -0.543 e. The molecule has 0 atom stereocenters. The molecule has 0 spiro atoms. The van der Waals surface area contributed by atoms with E-state index in [0.717, 1.165) is 116 Å². The smallest absolute Gasteiger partial charge is 0.250 e. The number of halogens is 1. The number of aromatic hydroxyl groups is 4. The van der Waals surface area contributed by atoms with Gasteiger partial charge in [-0.3, -0.25) is 20.0 Å². The fourth-order valence-electron chi connectivity index (χ4n) is 13.1. The van der Waals surface area contributed by atoms with Crippen molar-refractivity contribution in [3.05, 3.63) is 357 Å². The van der Waals surface area contributed by atoms with Crippen LogP contribution in [0.4, 0.5) is 10.1 Å². The van der Waals surface area contributed by atoms with Gasteiger partial charge in [0, 0.05) is 34.4 Å². The van der Waals surface area contributed by atoms with E-state index >= 15 is 0 Å². The average Bonchev–Trinajstić information content (AvgIpc) is 0.771. The number of phenols is 4. The number of benzene rings is 12. The molecule has 2 aliphatic heterocycles. The number of phenolic OH excluding ortho intramolecular Hbond substituents is 4. The third-order valence-electron chi connectivity index (χ3n) is 22.1. The molecule has 10 aromatic rings. The van der Waals surface area contributed by atoms with Crippen LogP contribution in [0.15, 0.2) is 266 Å². The standard InChI is InChI=1S/C29H35NO3.2C22H22O3.C15H13NO2.C12H20FNO3Si.C8H10O2/c1-19(2)9-7-10-20(3)11-8-12-21(4)15-16-32-24-13-14-25-27(18-24)33-29-23(6)26(31)17-22(5)28(29)30-25;2*1-16-13-20(24-14-18-9-5-3-6-10-18)17(2)21(23)22(16)25-15-19-11-7-4-8-12-19;1-8-4-5-11-13(6-8)18-15-10(3)12(17)7-9(2)14(15)16-11;1-12(2,3)18(4,5)17-9-6-7-11(14(15)16)10(13)8-9;1-5-3-8(10)6(2)4-7(5)9/h9,11,13-15,17-18H,7-8,10,12,16H2,1-6H3;2*3-13,23H,14-15H2,1-2H3;4-7H,1-3H3;6-8,15-16H,1-5H3;3-4,9-10H,1-2H3/b20-11+,21-15+;;;;;. The summed E-state index contributed by atoms with van der Waals surface area (Å²) in [5, 5.41) is 56.6. The highest BCUT2D eigenvalue weighted by Crippen LogP contribution is 2.43. The second-order valence-corrected chi connectivity index (χ2v) is 38.8. The van der Waals surface area contributed by atoms with Crippen LogP contribution in [0.3, 0.4) is 0 Å². The number of hydrogen-bond acceptors (Lipinski definition) is 19. The van der Waals surface area contributed by atoms with Crippen molar-refractivity contribution < 1.29 is 72.2 Å². The number of ether oxygens (including phenoxy) is 5. The molecule has 0 unspecified atom stereocenters. The Hall–Kier alpha value is -13.5. The lowest BCUT2D eigenvalue weighted by Gasteiger charge is -2.36. The Morgan fingerprint density at radius 2 is 0.829 bits per heavy atom. The van der Waals surface area contributed by atoms with Crippen molar-refractivity contribution in [2.75, 3.05) is 11.8 Å². The molecule has 4 aliphatic rings. The van der Waals surface area contributed by atoms with Crippen LogP contribution in [-0.2, 0) is 26.4 Å². The van der Waals surface area contributed by atoms with Gasteiger partial charge in [-0.2, -0.15) is 0 Å². The van der Waals surface area contributed by atoms with Gasteiger partial charge >= 0.3 is 0 Å². The van der Waals surface area contributed by atoms with Gasteiger partial charge in [0.25, 0.3) is 0 Å². The van der Waals surface area contributed by atoms with Crippen LogP contribution in [0.25, 0.3) is 45.1 Å². The maximum absolute atomic E-state index is 13.5.